The summed E-state index contributed by atoms with van der Waals surface area (Å²) < 4.78 is 11.5. The predicted molar refractivity (Wildman–Crippen MR) is 86.0 cm³/mol. The van der Waals surface area contributed by atoms with Crippen molar-refractivity contribution in [3.63, 3.8) is 0 Å². The molecule has 0 spiro atoms. The highest BCUT2D eigenvalue weighted by atomic mass is 35.5. The smallest absolute Gasteiger partial charge is 0.319 e. The first-order valence-corrected chi connectivity index (χ1v) is 8.09. The van der Waals surface area contributed by atoms with Crippen molar-refractivity contribution in [2.75, 3.05) is 17.6 Å². The van der Waals surface area contributed by atoms with Gasteiger partial charge in [0.15, 0.2) is 0 Å². The second kappa shape index (κ2) is 7.09. The van der Waals surface area contributed by atoms with Crippen molar-refractivity contribution in [1.29, 1.82) is 0 Å². The third-order valence-electron chi connectivity index (χ3n) is 2.69. The predicted octanol–water partition coefficient (Wildman–Crippen LogP) is 3.32. The fourth-order valence-corrected chi connectivity index (χ4v) is 2.49. The van der Waals surface area contributed by atoms with Crippen molar-refractivity contribution in [2.24, 2.45) is 0 Å². The van der Waals surface area contributed by atoms with Crippen LogP contribution in [0, 0.1) is 6.92 Å². The number of nitrogens with one attached hydrogen (secondary N) is 2. The fourth-order valence-electron chi connectivity index (χ4n) is 1.41. The Balaban J connectivity index is 2.41. The molecule has 1 atom stereocenters. The summed E-state index contributed by atoms with van der Waals surface area (Å²) in [5.41, 5.74) is 1.59. The number of urea groups is 1. The fraction of sp³-hybridized carbons (Fsp3) is 0.500. The van der Waals surface area contributed by atoms with Crippen LogP contribution < -0.4 is 10.6 Å². The van der Waals surface area contributed by atoms with E-state index in [1.54, 1.807) is 12.1 Å². The van der Waals surface area contributed by atoms with Gasteiger partial charge in [0.25, 0.3) is 0 Å². The minimum Gasteiger partial charge on any atom is -0.337 e. The van der Waals surface area contributed by atoms with E-state index in [1.807, 2.05) is 33.8 Å². The zero-order valence-electron chi connectivity index (χ0n) is 12.2. The molecule has 0 aliphatic rings. The molecule has 0 radical (unpaired) electrons. The maximum absolute atomic E-state index is 11.8. The molecule has 2 N–H and O–H groups in total. The van der Waals surface area contributed by atoms with Crippen molar-refractivity contribution in [3.05, 3.63) is 28.8 Å². The number of aryl methyl sites for hydroxylation is 1. The van der Waals surface area contributed by atoms with E-state index in [4.69, 9.17) is 11.6 Å². The number of benzene rings is 1. The normalized spacial score (nSPS) is 12.8. The zero-order valence-corrected chi connectivity index (χ0v) is 13.8. The van der Waals surface area contributed by atoms with E-state index in [9.17, 15) is 9.00 Å². The standard InChI is InChI=1S/C14H21ClN2O2S/c1-10-5-6-11(9-12(10)15)17-13(18)16-7-8-20(19)14(2,3)4/h5-6,9H,7-8H2,1-4H3,(H2,16,17,18)/t20-/m1/s1. The number of rotatable bonds is 4. The number of carbonyl (C=O) groups is 1. The molecule has 0 heterocycles. The molecule has 112 valence electrons. The third-order valence-corrected chi connectivity index (χ3v) is 5.03. The minimum absolute atomic E-state index is 0.261. The van der Waals surface area contributed by atoms with Crippen LogP contribution in [0.4, 0.5) is 10.5 Å². The van der Waals surface area contributed by atoms with E-state index in [-0.39, 0.29) is 10.8 Å². The van der Waals surface area contributed by atoms with Gasteiger partial charge in [-0.05, 0) is 45.4 Å². The van der Waals surface area contributed by atoms with Crippen molar-refractivity contribution in [1.82, 2.24) is 5.32 Å². The Morgan fingerprint density at radius 2 is 2.00 bits per heavy atom. The van der Waals surface area contributed by atoms with E-state index < -0.39 is 10.8 Å². The lowest BCUT2D eigenvalue weighted by atomic mass is 10.2. The summed E-state index contributed by atoms with van der Waals surface area (Å²) in [5.74, 6) is 0.436. The third kappa shape index (κ3) is 5.51. The number of carbonyl (C=O) groups excluding carboxylic acids is 1. The van der Waals surface area contributed by atoms with Crippen LogP contribution in [0.3, 0.4) is 0 Å². The summed E-state index contributed by atoms with van der Waals surface area (Å²) >= 11 is 5.98. The molecule has 6 heteroatoms. The molecule has 0 bridgehead atoms. The highest BCUT2D eigenvalue weighted by molar-refractivity contribution is 7.86. The molecule has 4 nitrogen and oxygen atoms in total. The van der Waals surface area contributed by atoms with E-state index in [0.29, 0.717) is 23.0 Å². The second-order valence-corrected chi connectivity index (χ2v) is 8.24. The molecule has 0 saturated heterocycles. The minimum atomic E-state index is -0.971. The van der Waals surface area contributed by atoms with Crippen LogP contribution in [0.25, 0.3) is 0 Å². The molecular weight excluding hydrogens is 296 g/mol. The van der Waals surface area contributed by atoms with Gasteiger partial charge in [-0.3, -0.25) is 4.21 Å². The van der Waals surface area contributed by atoms with Crippen molar-refractivity contribution in [2.45, 2.75) is 32.4 Å². The summed E-state index contributed by atoms with van der Waals surface area (Å²) in [6, 6.07) is 5.00. The summed E-state index contributed by atoms with van der Waals surface area (Å²) in [4.78, 5) is 11.7. The molecule has 0 unspecified atom stereocenters. The molecule has 1 aromatic rings. The summed E-state index contributed by atoms with van der Waals surface area (Å²) in [6.45, 7) is 8.01. The second-order valence-electron chi connectivity index (χ2n) is 5.51. The van der Waals surface area contributed by atoms with Gasteiger partial charge in [0.2, 0.25) is 0 Å². The Morgan fingerprint density at radius 3 is 2.55 bits per heavy atom. The van der Waals surface area contributed by atoms with Crippen LogP contribution in [-0.2, 0) is 10.8 Å². The molecule has 20 heavy (non-hydrogen) atoms. The van der Waals surface area contributed by atoms with Gasteiger partial charge in [-0.25, -0.2) is 4.79 Å². The van der Waals surface area contributed by atoms with Gasteiger partial charge in [0.1, 0.15) is 0 Å². The Bertz CT molecular complexity index is 512. The van der Waals surface area contributed by atoms with Crippen LogP contribution in [0.15, 0.2) is 18.2 Å². The first kappa shape index (κ1) is 17.0. The van der Waals surface area contributed by atoms with Gasteiger partial charge < -0.3 is 10.6 Å². The highest BCUT2D eigenvalue weighted by Crippen LogP contribution is 2.19. The van der Waals surface area contributed by atoms with E-state index in [1.165, 1.54) is 0 Å². The molecule has 2 amide bonds. The maximum Gasteiger partial charge on any atom is 0.319 e. The lowest BCUT2D eigenvalue weighted by Gasteiger charge is -2.17. The van der Waals surface area contributed by atoms with E-state index >= 15 is 0 Å². The molecule has 0 aromatic heterocycles. The first-order valence-electron chi connectivity index (χ1n) is 6.39. The Kier molecular flexibility index (Phi) is 6.02. The average Bonchev–Trinajstić information content (AvgIpc) is 2.32. The molecule has 0 saturated carbocycles. The molecule has 0 fully saturated rings. The molecule has 1 rings (SSSR count). The van der Waals surface area contributed by atoms with Crippen LogP contribution in [0.5, 0.6) is 0 Å². The number of amides is 2. The number of anilines is 1. The zero-order chi connectivity index (χ0) is 15.3. The van der Waals surface area contributed by atoms with E-state index in [0.717, 1.165) is 5.56 Å². The van der Waals surface area contributed by atoms with Gasteiger partial charge in [0.05, 0.1) is 0 Å². The van der Waals surface area contributed by atoms with Gasteiger partial charge >= 0.3 is 6.03 Å². The summed E-state index contributed by atoms with van der Waals surface area (Å²) in [5, 5.41) is 5.98. The van der Waals surface area contributed by atoms with Gasteiger partial charge in [-0.1, -0.05) is 17.7 Å². The van der Waals surface area contributed by atoms with Gasteiger partial charge in [0, 0.05) is 38.6 Å². The van der Waals surface area contributed by atoms with Crippen LogP contribution in [-0.4, -0.2) is 27.3 Å². The Hall–Kier alpha value is -1.07. The van der Waals surface area contributed by atoms with Crippen molar-refractivity contribution < 1.29 is 9.00 Å². The average molecular weight is 317 g/mol. The molecule has 0 aliphatic carbocycles. The van der Waals surface area contributed by atoms with Crippen LogP contribution in [0.2, 0.25) is 5.02 Å². The highest BCUT2D eigenvalue weighted by Gasteiger charge is 2.18. The quantitative estimate of drug-likeness (QED) is 0.895. The maximum atomic E-state index is 11.8. The molecule has 1 aromatic carbocycles. The lowest BCUT2D eigenvalue weighted by molar-refractivity contribution is 0.252. The molecule has 0 aliphatic heterocycles. The SMILES string of the molecule is Cc1ccc(NC(=O)NCC[S@@](=O)C(C)(C)C)cc1Cl. The Morgan fingerprint density at radius 1 is 1.35 bits per heavy atom. The first-order chi connectivity index (χ1) is 9.20. The van der Waals surface area contributed by atoms with Crippen LogP contribution >= 0.6 is 11.6 Å². The number of hydrogen-bond acceptors (Lipinski definition) is 2. The number of hydrogen-bond donors (Lipinski definition) is 2. The van der Waals surface area contributed by atoms with Crippen LogP contribution in [0.1, 0.15) is 26.3 Å². The van der Waals surface area contributed by atoms with Crippen molar-refractivity contribution >= 4 is 34.1 Å². The number of halogens is 1. The monoisotopic (exact) mass is 316 g/mol. The summed E-state index contributed by atoms with van der Waals surface area (Å²) in [7, 11) is -0.971. The topological polar surface area (TPSA) is 58.2 Å². The van der Waals surface area contributed by atoms with Gasteiger partial charge in [-0.15, -0.1) is 0 Å². The van der Waals surface area contributed by atoms with E-state index in [2.05, 4.69) is 10.6 Å². The lowest BCUT2D eigenvalue weighted by Crippen LogP contribution is -2.35. The largest absolute Gasteiger partial charge is 0.337 e. The summed E-state index contributed by atoms with van der Waals surface area (Å²) in [6.07, 6.45) is 0. The van der Waals surface area contributed by atoms with Gasteiger partial charge in [-0.2, -0.15) is 0 Å². The van der Waals surface area contributed by atoms with Crippen molar-refractivity contribution in [3.8, 4) is 0 Å². The Labute approximate surface area is 127 Å². The molecular formula is C14H21ClN2O2S.